The molecule has 0 unspecified atom stereocenters. The highest BCUT2D eigenvalue weighted by molar-refractivity contribution is 6.43. The summed E-state index contributed by atoms with van der Waals surface area (Å²) in [6, 6.07) is 5.68. The van der Waals surface area contributed by atoms with Gasteiger partial charge >= 0.3 is 0 Å². The van der Waals surface area contributed by atoms with Gasteiger partial charge in [0.15, 0.2) is 0 Å². The van der Waals surface area contributed by atoms with Crippen LogP contribution in [0.3, 0.4) is 0 Å². The molecule has 116 valence electrons. The molecule has 1 aromatic rings. The van der Waals surface area contributed by atoms with Gasteiger partial charge in [-0.15, -0.1) is 0 Å². The van der Waals surface area contributed by atoms with E-state index in [9.17, 15) is 4.79 Å². The van der Waals surface area contributed by atoms with Crippen LogP contribution in [0.2, 0.25) is 10.0 Å². The van der Waals surface area contributed by atoms with Gasteiger partial charge in [-0.3, -0.25) is 4.79 Å². The van der Waals surface area contributed by atoms with E-state index in [4.69, 9.17) is 23.2 Å². The van der Waals surface area contributed by atoms with Gasteiger partial charge in [-0.1, -0.05) is 43.1 Å². The molecule has 1 aromatic carbocycles. The van der Waals surface area contributed by atoms with Crippen molar-refractivity contribution in [3.8, 4) is 0 Å². The molecule has 0 aliphatic carbocycles. The minimum Gasteiger partial charge on any atom is -0.367 e. The second-order valence-electron chi connectivity index (χ2n) is 5.40. The second-order valence-corrected chi connectivity index (χ2v) is 6.18. The first-order valence-electron chi connectivity index (χ1n) is 7.56. The van der Waals surface area contributed by atoms with Crippen LogP contribution in [-0.2, 0) is 4.79 Å². The van der Waals surface area contributed by atoms with Crippen molar-refractivity contribution < 1.29 is 4.79 Å². The molecule has 1 aliphatic heterocycles. The molecule has 3 nitrogen and oxygen atoms in total. The van der Waals surface area contributed by atoms with Crippen molar-refractivity contribution in [1.82, 2.24) is 4.90 Å². The quantitative estimate of drug-likeness (QED) is 0.831. The van der Waals surface area contributed by atoms with Gasteiger partial charge in [-0.2, -0.15) is 0 Å². The van der Waals surface area contributed by atoms with Crippen LogP contribution in [0.5, 0.6) is 0 Å². The summed E-state index contributed by atoms with van der Waals surface area (Å²) in [6.45, 7) is 7.25. The number of hydrogen-bond donors (Lipinski definition) is 0. The molecular weight excluding hydrogens is 307 g/mol. The summed E-state index contributed by atoms with van der Waals surface area (Å²) in [5.74, 6) is 0.447. The number of nitrogens with zero attached hydrogens (tertiary/aromatic N) is 2. The highest BCUT2D eigenvalue weighted by Crippen LogP contribution is 2.33. The first-order valence-corrected chi connectivity index (χ1v) is 8.31. The molecule has 0 spiro atoms. The Morgan fingerprint density at radius 2 is 1.76 bits per heavy atom. The van der Waals surface area contributed by atoms with Crippen LogP contribution in [0.4, 0.5) is 5.69 Å². The average molecular weight is 329 g/mol. The molecule has 1 fully saturated rings. The van der Waals surface area contributed by atoms with Crippen LogP contribution in [0.25, 0.3) is 0 Å². The molecule has 1 amide bonds. The Morgan fingerprint density at radius 3 is 2.33 bits per heavy atom. The number of rotatable bonds is 4. The van der Waals surface area contributed by atoms with E-state index in [1.807, 2.05) is 17.0 Å². The van der Waals surface area contributed by atoms with Crippen molar-refractivity contribution >= 4 is 34.8 Å². The summed E-state index contributed by atoms with van der Waals surface area (Å²) in [5, 5.41) is 1.17. The van der Waals surface area contributed by atoms with E-state index in [1.165, 1.54) is 0 Å². The van der Waals surface area contributed by atoms with E-state index in [-0.39, 0.29) is 11.8 Å². The SMILES string of the molecule is CCC(CC)C(=O)N1CCN(c2cccc(Cl)c2Cl)CC1. The van der Waals surface area contributed by atoms with Gasteiger partial charge in [-0.25, -0.2) is 0 Å². The van der Waals surface area contributed by atoms with E-state index in [0.717, 1.165) is 44.7 Å². The highest BCUT2D eigenvalue weighted by Gasteiger charge is 2.26. The van der Waals surface area contributed by atoms with Crippen molar-refractivity contribution in [3.05, 3.63) is 28.2 Å². The Morgan fingerprint density at radius 1 is 1.14 bits per heavy atom. The fourth-order valence-corrected chi connectivity index (χ4v) is 3.22. The summed E-state index contributed by atoms with van der Waals surface area (Å²) in [7, 11) is 0. The maximum Gasteiger partial charge on any atom is 0.225 e. The van der Waals surface area contributed by atoms with Crippen molar-refractivity contribution in [1.29, 1.82) is 0 Å². The molecule has 0 bridgehead atoms. The van der Waals surface area contributed by atoms with Crippen LogP contribution < -0.4 is 4.90 Å². The molecule has 1 aliphatic rings. The number of anilines is 1. The number of hydrogen-bond acceptors (Lipinski definition) is 2. The summed E-state index contributed by atoms with van der Waals surface area (Å²) in [4.78, 5) is 16.6. The summed E-state index contributed by atoms with van der Waals surface area (Å²) >= 11 is 12.3. The number of carbonyl (C=O) groups is 1. The van der Waals surface area contributed by atoms with Crippen LogP contribution in [-0.4, -0.2) is 37.0 Å². The first kappa shape index (κ1) is 16.4. The molecule has 1 saturated heterocycles. The molecule has 0 aromatic heterocycles. The normalized spacial score (nSPS) is 15.7. The Hall–Kier alpha value is -0.930. The third-order valence-corrected chi connectivity index (χ3v) is 5.01. The van der Waals surface area contributed by atoms with Crippen LogP contribution in [0, 0.1) is 5.92 Å². The van der Waals surface area contributed by atoms with Crippen molar-refractivity contribution in [2.45, 2.75) is 26.7 Å². The third-order valence-electron chi connectivity index (χ3n) is 4.20. The van der Waals surface area contributed by atoms with Crippen molar-refractivity contribution in [2.75, 3.05) is 31.1 Å². The maximum atomic E-state index is 12.4. The highest BCUT2D eigenvalue weighted by atomic mass is 35.5. The van der Waals surface area contributed by atoms with Crippen molar-refractivity contribution in [2.24, 2.45) is 5.92 Å². The fourth-order valence-electron chi connectivity index (χ4n) is 2.80. The molecule has 21 heavy (non-hydrogen) atoms. The van der Waals surface area contributed by atoms with Gasteiger partial charge in [-0.05, 0) is 25.0 Å². The summed E-state index contributed by atoms with van der Waals surface area (Å²) < 4.78 is 0. The zero-order valence-corrected chi connectivity index (χ0v) is 14.1. The Balaban J connectivity index is 2.00. The van der Waals surface area contributed by atoms with E-state index in [2.05, 4.69) is 18.7 Å². The lowest BCUT2D eigenvalue weighted by Gasteiger charge is -2.37. The molecule has 5 heteroatoms. The monoisotopic (exact) mass is 328 g/mol. The molecular formula is C16H22Cl2N2O. The minimum absolute atomic E-state index is 0.159. The fraction of sp³-hybridized carbons (Fsp3) is 0.562. The Bertz CT molecular complexity index is 495. The predicted molar refractivity (Wildman–Crippen MR) is 89.3 cm³/mol. The molecule has 0 radical (unpaired) electrons. The lowest BCUT2D eigenvalue weighted by atomic mass is 10.0. The molecule has 1 heterocycles. The molecule has 2 rings (SSSR count). The lowest BCUT2D eigenvalue weighted by molar-refractivity contribution is -0.136. The van der Waals surface area contributed by atoms with E-state index in [0.29, 0.717) is 10.0 Å². The zero-order chi connectivity index (χ0) is 15.4. The minimum atomic E-state index is 0.159. The van der Waals surface area contributed by atoms with Gasteiger partial charge in [0.05, 0.1) is 15.7 Å². The number of benzene rings is 1. The van der Waals surface area contributed by atoms with E-state index < -0.39 is 0 Å². The van der Waals surface area contributed by atoms with E-state index >= 15 is 0 Å². The first-order chi connectivity index (χ1) is 10.1. The van der Waals surface area contributed by atoms with Gasteiger partial charge in [0, 0.05) is 32.1 Å². The number of carbonyl (C=O) groups excluding carboxylic acids is 1. The Kier molecular flexibility index (Phi) is 5.77. The largest absolute Gasteiger partial charge is 0.367 e. The maximum absolute atomic E-state index is 12.4. The third kappa shape index (κ3) is 3.64. The Labute approximate surface area is 136 Å². The summed E-state index contributed by atoms with van der Waals surface area (Å²) in [6.07, 6.45) is 1.82. The molecule has 0 saturated carbocycles. The summed E-state index contributed by atoms with van der Waals surface area (Å²) in [5.41, 5.74) is 0.957. The number of amides is 1. The van der Waals surface area contributed by atoms with Crippen molar-refractivity contribution in [3.63, 3.8) is 0 Å². The van der Waals surface area contributed by atoms with Crippen LogP contribution in [0.1, 0.15) is 26.7 Å². The molecule has 0 N–H and O–H groups in total. The zero-order valence-electron chi connectivity index (χ0n) is 12.6. The predicted octanol–water partition coefficient (Wildman–Crippen LogP) is 4.08. The lowest BCUT2D eigenvalue weighted by Crippen LogP contribution is -2.50. The molecule has 0 atom stereocenters. The van der Waals surface area contributed by atoms with Crippen LogP contribution >= 0.6 is 23.2 Å². The van der Waals surface area contributed by atoms with Gasteiger partial charge in [0.2, 0.25) is 5.91 Å². The van der Waals surface area contributed by atoms with E-state index in [1.54, 1.807) is 6.07 Å². The average Bonchev–Trinajstić information content (AvgIpc) is 2.51. The number of halogens is 2. The van der Waals surface area contributed by atoms with Gasteiger partial charge in [0.1, 0.15) is 0 Å². The second kappa shape index (κ2) is 7.37. The number of piperazine rings is 1. The smallest absolute Gasteiger partial charge is 0.225 e. The standard InChI is InChI=1S/C16H22Cl2N2O/c1-3-12(4-2)16(21)20-10-8-19(9-11-20)14-7-5-6-13(17)15(14)18/h5-7,12H,3-4,8-11H2,1-2H3. The van der Waals surface area contributed by atoms with Gasteiger partial charge in [0.25, 0.3) is 0 Å². The van der Waals surface area contributed by atoms with Gasteiger partial charge < -0.3 is 9.80 Å². The van der Waals surface area contributed by atoms with Crippen LogP contribution in [0.15, 0.2) is 18.2 Å². The topological polar surface area (TPSA) is 23.6 Å².